The maximum Gasteiger partial charge on any atom is 0.317 e. The van der Waals surface area contributed by atoms with Crippen LogP contribution in [0.1, 0.15) is 25.7 Å². The maximum atomic E-state index is 12.7. The van der Waals surface area contributed by atoms with Gasteiger partial charge in [-0.15, -0.1) is 0 Å². The highest BCUT2D eigenvalue weighted by atomic mass is 32.2. The highest BCUT2D eigenvalue weighted by Gasteiger charge is 2.39. The van der Waals surface area contributed by atoms with E-state index in [2.05, 4.69) is 4.72 Å². The first kappa shape index (κ1) is 17.5. The average Bonchev–Trinajstić information content (AvgIpc) is 3.21. The van der Waals surface area contributed by atoms with Crippen LogP contribution in [0.2, 0.25) is 0 Å². The summed E-state index contributed by atoms with van der Waals surface area (Å²) >= 11 is 0. The molecule has 7 nitrogen and oxygen atoms in total. The number of aliphatic carboxylic acids is 1. The van der Waals surface area contributed by atoms with E-state index in [0.717, 1.165) is 24.8 Å². The number of fused-ring (bicyclic) bond motifs is 1. The number of nitrogens with one attached hydrogen (secondary N) is 1. The predicted octanol–water partition coefficient (Wildman–Crippen LogP) is 2.04. The zero-order valence-electron chi connectivity index (χ0n) is 14.3. The predicted molar refractivity (Wildman–Crippen MR) is 95.3 cm³/mol. The van der Waals surface area contributed by atoms with E-state index in [4.69, 9.17) is 9.52 Å². The van der Waals surface area contributed by atoms with Gasteiger partial charge in [0.25, 0.3) is 0 Å². The average molecular weight is 378 g/mol. The number of hydrogen-bond donors (Lipinski definition) is 2. The van der Waals surface area contributed by atoms with Crippen molar-refractivity contribution in [2.75, 3.05) is 13.1 Å². The summed E-state index contributed by atoms with van der Waals surface area (Å²) in [6.07, 6.45) is 5.06. The van der Waals surface area contributed by atoms with E-state index >= 15 is 0 Å². The molecule has 0 bridgehead atoms. The summed E-state index contributed by atoms with van der Waals surface area (Å²) in [5.74, 6) is -0.235. The van der Waals surface area contributed by atoms with Crippen molar-refractivity contribution in [1.82, 2.24) is 9.62 Å². The summed E-state index contributed by atoms with van der Waals surface area (Å²) < 4.78 is 33.5. The van der Waals surface area contributed by atoms with Crippen LogP contribution in [0.5, 0.6) is 0 Å². The van der Waals surface area contributed by atoms with Gasteiger partial charge in [0, 0.05) is 24.0 Å². The molecule has 1 heterocycles. The highest BCUT2D eigenvalue weighted by Crippen LogP contribution is 2.34. The Morgan fingerprint density at radius 3 is 2.73 bits per heavy atom. The lowest BCUT2D eigenvalue weighted by Gasteiger charge is -2.42. The molecule has 0 radical (unpaired) electrons. The van der Waals surface area contributed by atoms with Crippen molar-refractivity contribution in [3.8, 4) is 0 Å². The Balaban J connectivity index is 1.41. The van der Waals surface area contributed by atoms with Gasteiger partial charge in [-0.25, -0.2) is 13.1 Å². The molecule has 2 saturated carbocycles. The molecule has 140 valence electrons. The van der Waals surface area contributed by atoms with Crippen molar-refractivity contribution in [2.24, 2.45) is 5.92 Å². The Bertz CT molecular complexity index is 913. The molecule has 8 heteroatoms. The van der Waals surface area contributed by atoms with Crippen LogP contribution in [0.4, 0.5) is 0 Å². The first-order chi connectivity index (χ1) is 12.4. The fourth-order valence-corrected chi connectivity index (χ4v) is 5.02. The van der Waals surface area contributed by atoms with Crippen molar-refractivity contribution < 1.29 is 22.7 Å². The van der Waals surface area contributed by atoms with Gasteiger partial charge in [0.1, 0.15) is 4.90 Å². The van der Waals surface area contributed by atoms with Crippen LogP contribution in [0.15, 0.2) is 39.8 Å². The molecule has 0 amide bonds. The third-order valence-electron chi connectivity index (χ3n) is 5.21. The number of rotatable bonds is 8. The van der Waals surface area contributed by atoms with Gasteiger partial charge in [-0.3, -0.25) is 9.69 Å². The zero-order chi connectivity index (χ0) is 18.3. The summed E-state index contributed by atoms with van der Waals surface area (Å²) in [5, 5.41) is 9.85. The van der Waals surface area contributed by atoms with Crippen LogP contribution in [-0.2, 0) is 14.8 Å². The number of hydrogen-bond acceptors (Lipinski definition) is 5. The van der Waals surface area contributed by atoms with Crippen LogP contribution in [0, 0.1) is 5.92 Å². The Hall–Kier alpha value is -1.90. The molecule has 2 aliphatic rings. The number of para-hydroxylation sites is 1. The number of nitrogens with zero attached hydrogens (tertiary/aromatic N) is 1. The Kier molecular flexibility index (Phi) is 4.50. The van der Waals surface area contributed by atoms with Gasteiger partial charge < -0.3 is 9.52 Å². The second kappa shape index (κ2) is 6.68. The lowest BCUT2D eigenvalue weighted by atomic mass is 9.86. The molecule has 0 atom stereocenters. The summed E-state index contributed by atoms with van der Waals surface area (Å²) in [6.45, 7) is 0.814. The molecule has 2 aromatic rings. The molecular weight excluding hydrogens is 356 g/mol. The van der Waals surface area contributed by atoms with Gasteiger partial charge in [0.2, 0.25) is 10.0 Å². The molecule has 0 aliphatic heterocycles. The van der Waals surface area contributed by atoms with Gasteiger partial charge in [-0.1, -0.05) is 12.1 Å². The lowest BCUT2D eigenvalue weighted by Crippen LogP contribution is -2.55. The fourth-order valence-electron chi connectivity index (χ4n) is 3.59. The van der Waals surface area contributed by atoms with Gasteiger partial charge in [0.05, 0.1) is 12.8 Å². The van der Waals surface area contributed by atoms with E-state index in [1.807, 2.05) is 4.90 Å². The quantitative estimate of drug-likeness (QED) is 0.729. The Morgan fingerprint density at radius 1 is 1.27 bits per heavy atom. The summed E-state index contributed by atoms with van der Waals surface area (Å²) in [7, 11) is -3.68. The van der Waals surface area contributed by atoms with E-state index in [9.17, 15) is 13.2 Å². The Labute approximate surface area is 152 Å². The van der Waals surface area contributed by atoms with E-state index < -0.39 is 16.0 Å². The minimum atomic E-state index is -3.68. The number of carbonyl (C=O) groups is 1. The van der Waals surface area contributed by atoms with Gasteiger partial charge >= 0.3 is 5.97 Å². The molecule has 2 fully saturated rings. The minimum Gasteiger partial charge on any atom is -0.480 e. The van der Waals surface area contributed by atoms with E-state index in [0.29, 0.717) is 24.3 Å². The second-order valence-corrected chi connectivity index (χ2v) is 8.99. The van der Waals surface area contributed by atoms with Crippen molar-refractivity contribution in [2.45, 2.75) is 42.7 Å². The Morgan fingerprint density at radius 2 is 2.04 bits per heavy atom. The van der Waals surface area contributed by atoms with Crippen molar-refractivity contribution in [3.05, 3.63) is 30.5 Å². The van der Waals surface area contributed by atoms with Crippen molar-refractivity contribution >= 4 is 27.0 Å². The molecule has 2 N–H and O–H groups in total. The summed E-state index contributed by atoms with van der Waals surface area (Å²) in [4.78, 5) is 13.2. The van der Waals surface area contributed by atoms with Crippen LogP contribution in [-0.4, -0.2) is 49.6 Å². The topological polar surface area (TPSA) is 99.9 Å². The molecule has 1 aromatic carbocycles. The molecule has 26 heavy (non-hydrogen) atoms. The van der Waals surface area contributed by atoms with Crippen molar-refractivity contribution in [3.63, 3.8) is 0 Å². The van der Waals surface area contributed by atoms with Crippen LogP contribution in [0.25, 0.3) is 11.0 Å². The highest BCUT2D eigenvalue weighted by molar-refractivity contribution is 7.89. The summed E-state index contributed by atoms with van der Waals surface area (Å²) in [5.41, 5.74) is 0.358. The molecule has 2 aliphatic carbocycles. The van der Waals surface area contributed by atoms with Gasteiger partial charge in [0.15, 0.2) is 5.58 Å². The zero-order valence-corrected chi connectivity index (χ0v) is 15.1. The molecule has 0 unspecified atom stereocenters. The monoisotopic (exact) mass is 378 g/mol. The number of furan rings is 1. The number of carboxylic acid groups (broad SMARTS) is 1. The SMILES string of the molecule is O=C(O)CN(CC1CC1)C1CC(NS(=O)(=O)c2cccc3ccoc23)C1. The third-order valence-corrected chi connectivity index (χ3v) is 6.76. The third kappa shape index (κ3) is 3.62. The van der Waals surface area contributed by atoms with Crippen LogP contribution >= 0.6 is 0 Å². The number of sulfonamides is 1. The van der Waals surface area contributed by atoms with Crippen LogP contribution < -0.4 is 4.72 Å². The van der Waals surface area contributed by atoms with Crippen LogP contribution in [0.3, 0.4) is 0 Å². The maximum absolute atomic E-state index is 12.7. The molecule has 1 aromatic heterocycles. The summed E-state index contributed by atoms with van der Waals surface area (Å²) in [6, 6.07) is 6.72. The molecular formula is C18H22N2O5S. The van der Waals surface area contributed by atoms with E-state index in [1.54, 1.807) is 18.2 Å². The normalized spacial score (nSPS) is 23.3. The fraction of sp³-hybridized carbons (Fsp3) is 0.500. The molecule has 0 spiro atoms. The van der Waals surface area contributed by atoms with Crippen molar-refractivity contribution in [1.29, 1.82) is 0 Å². The minimum absolute atomic E-state index is 0.0202. The van der Waals surface area contributed by atoms with E-state index in [-0.39, 0.29) is 23.5 Å². The number of benzene rings is 1. The smallest absolute Gasteiger partial charge is 0.317 e. The largest absolute Gasteiger partial charge is 0.480 e. The molecule has 4 rings (SSSR count). The first-order valence-corrected chi connectivity index (χ1v) is 10.3. The van der Waals surface area contributed by atoms with E-state index in [1.165, 1.54) is 12.3 Å². The molecule has 0 saturated heterocycles. The van der Waals surface area contributed by atoms with Gasteiger partial charge in [-0.05, 0) is 43.7 Å². The number of carboxylic acids is 1. The standard InChI is InChI=1S/C18H22N2O5S/c21-17(22)11-20(10-12-4-5-12)15-8-14(9-15)19-26(23,24)16-3-1-2-13-6-7-25-18(13)16/h1-3,6-7,12,14-15,19H,4-5,8-11H2,(H,21,22). The first-order valence-electron chi connectivity index (χ1n) is 8.87. The lowest BCUT2D eigenvalue weighted by molar-refractivity contribution is -0.139. The second-order valence-electron chi connectivity index (χ2n) is 7.31. The van der Waals surface area contributed by atoms with Gasteiger partial charge in [-0.2, -0.15) is 0 Å².